The van der Waals surface area contributed by atoms with Gasteiger partial charge in [0.2, 0.25) is 0 Å². The summed E-state index contributed by atoms with van der Waals surface area (Å²) in [5.41, 5.74) is 6.48. The smallest absolute Gasteiger partial charge is 0.0292 e. The van der Waals surface area contributed by atoms with E-state index in [2.05, 4.69) is 46.4 Å². The molecule has 2 N–H and O–H groups in total. The van der Waals surface area contributed by atoms with Crippen LogP contribution in [-0.2, 0) is 0 Å². The normalized spacial score (nSPS) is 24.0. The van der Waals surface area contributed by atoms with E-state index in [4.69, 9.17) is 5.73 Å². The van der Waals surface area contributed by atoms with Crippen molar-refractivity contribution in [3.63, 3.8) is 0 Å². The Balaban J connectivity index is 2.62. The number of nitrogens with two attached hydrogens (primary N) is 1. The molecular weight excluding hydrogens is 208 g/mol. The van der Waals surface area contributed by atoms with Gasteiger partial charge in [-0.1, -0.05) is 34.6 Å². The summed E-state index contributed by atoms with van der Waals surface area (Å²) in [5.74, 6) is 1.75. The molecule has 0 amide bonds. The average molecular weight is 240 g/mol. The van der Waals surface area contributed by atoms with Crippen molar-refractivity contribution in [3.8, 4) is 0 Å². The van der Waals surface area contributed by atoms with Gasteiger partial charge in [-0.15, -0.1) is 0 Å². The summed E-state index contributed by atoms with van der Waals surface area (Å²) in [4.78, 5) is 2.63. The second-order valence-electron chi connectivity index (χ2n) is 7.29. The van der Waals surface area contributed by atoms with Gasteiger partial charge in [-0.05, 0) is 50.1 Å². The van der Waals surface area contributed by atoms with Gasteiger partial charge in [-0.25, -0.2) is 0 Å². The molecule has 2 nitrogen and oxygen atoms in total. The lowest BCUT2D eigenvalue weighted by Gasteiger charge is -2.46. The van der Waals surface area contributed by atoms with Crippen LogP contribution in [0.25, 0.3) is 0 Å². The van der Waals surface area contributed by atoms with Gasteiger partial charge in [-0.3, -0.25) is 4.90 Å². The Hall–Kier alpha value is -0.0800. The van der Waals surface area contributed by atoms with Crippen molar-refractivity contribution < 1.29 is 0 Å². The summed E-state index contributed by atoms with van der Waals surface area (Å²) in [6.07, 6.45) is 2.69. The fourth-order valence-corrected chi connectivity index (χ4v) is 3.53. The third kappa shape index (κ3) is 3.96. The highest BCUT2D eigenvalue weighted by atomic mass is 15.2. The molecule has 1 aliphatic heterocycles. The van der Waals surface area contributed by atoms with E-state index in [1.807, 2.05) is 0 Å². The Kier molecular flexibility index (Phi) is 5.03. The lowest BCUT2D eigenvalue weighted by Crippen LogP contribution is -2.55. The largest absolute Gasteiger partial charge is 0.327 e. The van der Waals surface area contributed by atoms with E-state index < -0.39 is 0 Å². The molecule has 1 fully saturated rings. The van der Waals surface area contributed by atoms with Crippen LogP contribution in [0.5, 0.6) is 0 Å². The molecular formula is C15H32N2. The molecule has 0 aromatic heterocycles. The van der Waals surface area contributed by atoms with Crippen molar-refractivity contribution in [2.45, 2.75) is 66.5 Å². The highest BCUT2D eigenvalue weighted by Crippen LogP contribution is 2.32. The number of likely N-dealkylation sites (tertiary alicyclic amines) is 1. The molecule has 102 valence electrons. The molecule has 2 heteroatoms. The van der Waals surface area contributed by atoms with Gasteiger partial charge < -0.3 is 5.73 Å². The molecule has 0 radical (unpaired) electrons. The van der Waals surface area contributed by atoms with E-state index in [9.17, 15) is 0 Å². The molecule has 0 spiro atoms. The van der Waals surface area contributed by atoms with Gasteiger partial charge in [0.25, 0.3) is 0 Å². The Morgan fingerprint density at radius 3 is 1.82 bits per heavy atom. The van der Waals surface area contributed by atoms with Gasteiger partial charge in [0.15, 0.2) is 0 Å². The van der Waals surface area contributed by atoms with Gasteiger partial charge in [0.05, 0.1) is 0 Å². The van der Waals surface area contributed by atoms with E-state index in [0.29, 0.717) is 6.04 Å². The minimum Gasteiger partial charge on any atom is -0.327 e. The van der Waals surface area contributed by atoms with Crippen LogP contribution in [0.2, 0.25) is 0 Å². The predicted molar refractivity (Wildman–Crippen MR) is 76.0 cm³/mol. The summed E-state index contributed by atoms with van der Waals surface area (Å²) in [6, 6.07) is 0.765. The third-order valence-electron chi connectivity index (χ3n) is 4.30. The topological polar surface area (TPSA) is 29.3 Å². The highest BCUT2D eigenvalue weighted by molar-refractivity contribution is 4.91. The van der Waals surface area contributed by atoms with Crippen molar-refractivity contribution in [2.24, 2.45) is 23.0 Å². The van der Waals surface area contributed by atoms with E-state index in [0.717, 1.165) is 11.8 Å². The van der Waals surface area contributed by atoms with E-state index in [1.54, 1.807) is 0 Å². The van der Waals surface area contributed by atoms with E-state index in [-0.39, 0.29) is 11.5 Å². The van der Waals surface area contributed by atoms with Crippen molar-refractivity contribution in [2.75, 3.05) is 13.1 Å². The molecule has 1 heterocycles. The zero-order valence-electron chi connectivity index (χ0n) is 12.7. The quantitative estimate of drug-likeness (QED) is 0.821. The van der Waals surface area contributed by atoms with Gasteiger partial charge in [-0.2, -0.15) is 0 Å². The van der Waals surface area contributed by atoms with Crippen LogP contribution in [0.1, 0.15) is 54.4 Å². The van der Waals surface area contributed by atoms with Crippen LogP contribution in [0.15, 0.2) is 0 Å². The van der Waals surface area contributed by atoms with Crippen LogP contribution in [0.3, 0.4) is 0 Å². The van der Waals surface area contributed by atoms with Crippen LogP contribution in [0, 0.1) is 17.3 Å². The molecule has 1 saturated heterocycles. The Morgan fingerprint density at radius 1 is 1.06 bits per heavy atom. The molecule has 0 aromatic rings. The maximum absolute atomic E-state index is 6.21. The number of nitrogens with zero attached hydrogens (tertiary/aromatic N) is 1. The van der Waals surface area contributed by atoms with Gasteiger partial charge in [0.1, 0.15) is 0 Å². The predicted octanol–water partition coefficient (Wildman–Crippen LogP) is 3.12. The molecule has 17 heavy (non-hydrogen) atoms. The monoisotopic (exact) mass is 240 g/mol. The second kappa shape index (κ2) is 5.71. The molecule has 0 aromatic carbocycles. The Morgan fingerprint density at radius 2 is 1.53 bits per heavy atom. The first-order valence-corrected chi connectivity index (χ1v) is 7.23. The van der Waals surface area contributed by atoms with Crippen molar-refractivity contribution in [1.29, 1.82) is 0 Å². The summed E-state index contributed by atoms with van der Waals surface area (Å²) in [6.45, 7) is 16.3. The van der Waals surface area contributed by atoms with Crippen molar-refractivity contribution >= 4 is 0 Å². The first-order valence-electron chi connectivity index (χ1n) is 7.23. The zero-order chi connectivity index (χ0) is 13.2. The van der Waals surface area contributed by atoms with Crippen LogP contribution < -0.4 is 5.73 Å². The van der Waals surface area contributed by atoms with E-state index in [1.165, 1.54) is 25.9 Å². The van der Waals surface area contributed by atoms with Crippen LogP contribution >= 0.6 is 0 Å². The fraction of sp³-hybridized carbons (Fsp3) is 1.00. The zero-order valence-corrected chi connectivity index (χ0v) is 12.7. The number of rotatable bonds is 3. The summed E-state index contributed by atoms with van der Waals surface area (Å²) < 4.78 is 0. The van der Waals surface area contributed by atoms with Crippen molar-refractivity contribution in [1.82, 2.24) is 4.90 Å². The van der Waals surface area contributed by atoms with Gasteiger partial charge >= 0.3 is 0 Å². The lowest BCUT2D eigenvalue weighted by atomic mass is 9.79. The molecule has 2 atom stereocenters. The Labute approximate surface area is 108 Å². The maximum Gasteiger partial charge on any atom is 0.0292 e. The fourth-order valence-electron chi connectivity index (χ4n) is 3.53. The first-order chi connectivity index (χ1) is 7.73. The maximum atomic E-state index is 6.21. The number of piperidine rings is 1. The van der Waals surface area contributed by atoms with Crippen LogP contribution in [0.4, 0.5) is 0 Å². The summed E-state index contributed by atoms with van der Waals surface area (Å²) in [5, 5.41) is 0. The first kappa shape index (κ1) is 15.0. The summed E-state index contributed by atoms with van der Waals surface area (Å²) >= 11 is 0. The van der Waals surface area contributed by atoms with Crippen molar-refractivity contribution in [3.05, 3.63) is 0 Å². The number of hydrogen-bond donors (Lipinski definition) is 1. The SMILES string of the molecule is CC(C)C1CCN(C(C(C)N)C(C)(C)C)CC1. The molecule has 0 bridgehead atoms. The van der Waals surface area contributed by atoms with E-state index >= 15 is 0 Å². The minimum atomic E-state index is 0.255. The third-order valence-corrected chi connectivity index (χ3v) is 4.30. The van der Waals surface area contributed by atoms with Gasteiger partial charge in [0, 0.05) is 12.1 Å². The molecule has 0 saturated carbocycles. The average Bonchev–Trinajstić information content (AvgIpc) is 2.15. The molecule has 1 rings (SSSR count). The molecule has 0 aliphatic carbocycles. The standard InChI is InChI=1S/C15H32N2/c1-11(2)13-7-9-17(10-8-13)14(12(3)16)15(4,5)6/h11-14H,7-10,16H2,1-6H3. The lowest BCUT2D eigenvalue weighted by molar-refractivity contribution is 0.0431. The highest BCUT2D eigenvalue weighted by Gasteiger charge is 2.35. The second-order valence-corrected chi connectivity index (χ2v) is 7.29. The summed E-state index contributed by atoms with van der Waals surface area (Å²) in [7, 11) is 0. The van der Waals surface area contributed by atoms with Crippen LogP contribution in [-0.4, -0.2) is 30.1 Å². The molecule has 2 unspecified atom stereocenters. The molecule has 1 aliphatic rings. The Bertz CT molecular complexity index is 220. The minimum absolute atomic E-state index is 0.255. The number of hydrogen-bond acceptors (Lipinski definition) is 2.